The minimum atomic E-state index is -0.421. The van der Waals surface area contributed by atoms with E-state index in [1.165, 1.54) is 19.2 Å². The highest BCUT2D eigenvalue weighted by atomic mass is 19.1. The van der Waals surface area contributed by atoms with Crippen LogP contribution in [0.5, 0.6) is 5.75 Å². The zero-order valence-electron chi connectivity index (χ0n) is 10.4. The maximum atomic E-state index is 13.3. The first kappa shape index (κ1) is 12.1. The van der Waals surface area contributed by atoms with E-state index in [1.807, 2.05) is 0 Å². The van der Waals surface area contributed by atoms with E-state index in [0.29, 0.717) is 23.9 Å². The lowest BCUT2D eigenvalue weighted by atomic mass is 10.1. The van der Waals surface area contributed by atoms with Crippen molar-refractivity contribution in [2.45, 2.75) is 12.3 Å². The molecule has 19 heavy (non-hydrogen) atoms. The molecule has 1 aromatic carbocycles. The van der Waals surface area contributed by atoms with Crippen LogP contribution in [0.3, 0.4) is 0 Å². The average Bonchev–Trinajstić information content (AvgIpc) is 3.10. The largest absolute Gasteiger partial charge is 0.494 e. The Morgan fingerprint density at radius 3 is 3.05 bits per heavy atom. The van der Waals surface area contributed by atoms with Crippen molar-refractivity contribution >= 4 is 0 Å². The first-order valence-electron chi connectivity index (χ1n) is 6.03. The molecule has 0 amide bonds. The van der Waals surface area contributed by atoms with Gasteiger partial charge in [-0.15, -0.1) is 0 Å². The summed E-state index contributed by atoms with van der Waals surface area (Å²) in [7, 11) is 1.41. The van der Waals surface area contributed by atoms with Gasteiger partial charge in [-0.25, -0.2) is 4.39 Å². The second kappa shape index (κ2) is 4.97. The number of hydrogen-bond donors (Lipinski definition) is 0. The van der Waals surface area contributed by atoms with E-state index in [1.54, 1.807) is 6.07 Å². The number of methoxy groups -OCH3 is 1. The van der Waals surface area contributed by atoms with Crippen LogP contribution in [-0.2, 0) is 4.74 Å². The van der Waals surface area contributed by atoms with Crippen molar-refractivity contribution in [1.82, 2.24) is 10.1 Å². The summed E-state index contributed by atoms with van der Waals surface area (Å²) in [4.78, 5) is 4.33. The van der Waals surface area contributed by atoms with Gasteiger partial charge in [0.25, 0.3) is 5.89 Å². The normalized spacial score (nSPS) is 18.7. The molecule has 1 saturated heterocycles. The molecule has 0 N–H and O–H groups in total. The van der Waals surface area contributed by atoms with E-state index in [2.05, 4.69) is 10.1 Å². The van der Waals surface area contributed by atoms with E-state index < -0.39 is 5.82 Å². The Kier molecular flexibility index (Phi) is 3.16. The number of rotatable bonds is 3. The Hall–Kier alpha value is -1.95. The molecule has 100 valence electrons. The highest BCUT2D eigenvalue weighted by Gasteiger charge is 2.23. The van der Waals surface area contributed by atoms with Crippen LogP contribution >= 0.6 is 0 Å². The molecule has 1 fully saturated rings. The molecule has 2 aromatic rings. The lowest BCUT2D eigenvalue weighted by molar-refractivity contribution is 0.192. The summed E-state index contributed by atoms with van der Waals surface area (Å²) < 4.78 is 28.8. The topological polar surface area (TPSA) is 57.4 Å². The predicted molar refractivity (Wildman–Crippen MR) is 64.4 cm³/mol. The number of halogens is 1. The summed E-state index contributed by atoms with van der Waals surface area (Å²) in [5.74, 6) is 0.910. The summed E-state index contributed by atoms with van der Waals surface area (Å²) in [6.45, 7) is 1.34. The van der Waals surface area contributed by atoms with Crippen molar-refractivity contribution in [3.63, 3.8) is 0 Å². The first-order chi connectivity index (χ1) is 9.28. The van der Waals surface area contributed by atoms with Gasteiger partial charge in [0.1, 0.15) is 0 Å². The zero-order valence-corrected chi connectivity index (χ0v) is 10.4. The Balaban J connectivity index is 1.89. The summed E-state index contributed by atoms with van der Waals surface area (Å²) in [5, 5.41) is 3.95. The fourth-order valence-corrected chi connectivity index (χ4v) is 2.05. The molecule has 1 aromatic heterocycles. The summed E-state index contributed by atoms with van der Waals surface area (Å²) in [5.41, 5.74) is 0.635. The number of hydrogen-bond acceptors (Lipinski definition) is 5. The van der Waals surface area contributed by atoms with Crippen LogP contribution in [0.25, 0.3) is 11.5 Å². The van der Waals surface area contributed by atoms with Crippen molar-refractivity contribution in [3.8, 4) is 17.2 Å². The quantitative estimate of drug-likeness (QED) is 0.852. The number of aromatic nitrogens is 2. The van der Waals surface area contributed by atoms with Crippen molar-refractivity contribution in [2.24, 2.45) is 0 Å². The Morgan fingerprint density at radius 2 is 2.32 bits per heavy atom. The van der Waals surface area contributed by atoms with Crippen molar-refractivity contribution < 1.29 is 18.4 Å². The first-order valence-corrected chi connectivity index (χ1v) is 6.03. The third kappa shape index (κ3) is 2.31. The van der Waals surface area contributed by atoms with Gasteiger partial charge in [-0.2, -0.15) is 4.98 Å². The van der Waals surface area contributed by atoms with Crippen molar-refractivity contribution in [1.29, 1.82) is 0 Å². The summed E-state index contributed by atoms with van der Waals surface area (Å²) in [6, 6.07) is 4.44. The second-order valence-corrected chi connectivity index (χ2v) is 4.37. The Bertz CT molecular complexity index is 579. The molecule has 5 nitrogen and oxygen atoms in total. The molecule has 0 bridgehead atoms. The van der Waals surface area contributed by atoms with Crippen LogP contribution in [0.2, 0.25) is 0 Å². The van der Waals surface area contributed by atoms with Crippen molar-refractivity contribution in [2.75, 3.05) is 20.3 Å². The summed E-state index contributed by atoms with van der Waals surface area (Å²) >= 11 is 0. The monoisotopic (exact) mass is 264 g/mol. The molecule has 1 aliphatic heterocycles. The van der Waals surface area contributed by atoms with Crippen molar-refractivity contribution in [3.05, 3.63) is 29.8 Å². The fourth-order valence-electron chi connectivity index (χ4n) is 2.05. The van der Waals surface area contributed by atoms with Gasteiger partial charge in [-0.1, -0.05) is 5.16 Å². The standard InChI is InChI=1S/C13H13FN2O3/c1-17-11-6-8(2-3-10(11)14)13-15-12(16-19-13)9-4-5-18-7-9/h2-3,6,9H,4-5,7H2,1H3. The van der Waals surface area contributed by atoms with Gasteiger partial charge in [-0.3, -0.25) is 0 Å². The minimum Gasteiger partial charge on any atom is -0.494 e. The third-order valence-corrected chi connectivity index (χ3v) is 3.13. The van der Waals surface area contributed by atoms with E-state index >= 15 is 0 Å². The highest BCUT2D eigenvalue weighted by Crippen LogP contribution is 2.28. The molecule has 1 aliphatic rings. The van der Waals surface area contributed by atoms with E-state index in [4.69, 9.17) is 14.0 Å². The molecule has 0 saturated carbocycles. The average molecular weight is 264 g/mol. The number of nitrogens with zero attached hydrogens (tertiary/aromatic N) is 2. The van der Waals surface area contributed by atoms with Gasteiger partial charge >= 0.3 is 0 Å². The maximum absolute atomic E-state index is 13.3. The van der Waals surface area contributed by atoms with Gasteiger partial charge in [-0.05, 0) is 24.6 Å². The fraction of sp³-hybridized carbons (Fsp3) is 0.385. The molecule has 0 radical (unpaired) electrons. The molecular weight excluding hydrogens is 251 g/mol. The molecule has 3 rings (SSSR count). The van der Waals surface area contributed by atoms with Crippen LogP contribution < -0.4 is 4.74 Å². The van der Waals surface area contributed by atoms with Gasteiger partial charge < -0.3 is 14.0 Å². The lowest BCUT2D eigenvalue weighted by Gasteiger charge is -2.02. The van der Waals surface area contributed by atoms with Crippen LogP contribution in [0.15, 0.2) is 22.7 Å². The molecule has 1 unspecified atom stereocenters. The maximum Gasteiger partial charge on any atom is 0.258 e. The molecule has 0 spiro atoms. The Morgan fingerprint density at radius 1 is 1.42 bits per heavy atom. The van der Waals surface area contributed by atoms with E-state index in [0.717, 1.165) is 13.0 Å². The number of benzene rings is 1. The second-order valence-electron chi connectivity index (χ2n) is 4.37. The number of ether oxygens (including phenoxy) is 2. The van der Waals surface area contributed by atoms with Crippen LogP contribution in [-0.4, -0.2) is 30.5 Å². The molecule has 1 atom stereocenters. The molecule has 6 heteroatoms. The van der Waals surface area contributed by atoms with Crippen LogP contribution in [0, 0.1) is 5.82 Å². The highest BCUT2D eigenvalue weighted by molar-refractivity contribution is 5.56. The lowest BCUT2D eigenvalue weighted by Crippen LogP contribution is -1.99. The molecular formula is C13H13FN2O3. The zero-order chi connectivity index (χ0) is 13.2. The summed E-state index contributed by atoms with van der Waals surface area (Å²) in [6.07, 6.45) is 0.895. The van der Waals surface area contributed by atoms with E-state index in [9.17, 15) is 4.39 Å². The van der Waals surface area contributed by atoms with Gasteiger partial charge in [0.05, 0.1) is 13.7 Å². The SMILES string of the molecule is COc1cc(-c2nc(C3CCOC3)no2)ccc1F. The third-order valence-electron chi connectivity index (χ3n) is 3.13. The Labute approximate surface area is 109 Å². The van der Waals surface area contributed by atoms with Crippen LogP contribution in [0.1, 0.15) is 18.2 Å². The van der Waals surface area contributed by atoms with Gasteiger partial charge in [0, 0.05) is 18.1 Å². The smallest absolute Gasteiger partial charge is 0.258 e. The predicted octanol–water partition coefficient (Wildman–Crippen LogP) is 2.39. The van der Waals surface area contributed by atoms with Gasteiger partial charge in [0.2, 0.25) is 0 Å². The molecule has 0 aliphatic carbocycles. The molecule has 2 heterocycles. The minimum absolute atomic E-state index is 0.154. The van der Waals surface area contributed by atoms with E-state index in [-0.39, 0.29) is 11.7 Å². The van der Waals surface area contributed by atoms with Crippen LogP contribution in [0.4, 0.5) is 4.39 Å². The van der Waals surface area contributed by atoms with Gasteiger partial charge in [0.15, 0.2) is 17.4 Å².